The smallest absolute Gasteiger partial charge is 0.169 e. The predicted molar refractivity (Wildman–Crippen MR) is 131 cm³/mol. The lowest BCUT2D eigenvalue weighted by Crippen LogP contribution is -2.25. The van der Waals surface area contributed by atoms with Gasteiger partial charge < -0.3 is 9.47 Å². The molecule has 0 unspecified atom stereocenters. The molecule has 32 heavy (non-hydrogen) atoms. The molecule has 3 aromatic rings. The average Bonchev–Trinajstić information content (AvgIpc) is 2.82. The number of methoxy groups -OCH3 is 2. The molecule has 0 atom stereocenters. The highest BCUT2D eigenvalue weighted by Gasteiger charge is 2.07. The Hall–Kier alpha value is -3.92. The van der Waals surface area contributed by atoms with Gasteiger partial charge in [-0.2, -0.15) is 0 Å². The second-order valence-corrected chi connectivity index (χ2v) is 7.37. The van der Waals surface area contributed by atoms with Crippen LogP contribution in [0.2, 0.25) is 0 Å². The third kappa shape index (κ3) is 6.54. The van der Waals surface area contributed by atoms with Crippen LogP contribution in [-0.2, 0) is 14.1 Å². The number of rotatable bonds is 8. The number of allylic oxidation sites excluding steroid dienone is 4. The minimum atomic E-state index is 0.793. The van der Waals surface area contributed by atoms with Crippen LogP contribution in [0, 0.1) is 0 Å². The second kappa shape index (κ2) is 11.5. The quantitative estimate of drug-likeness (QED) is 0.382. The molecule has 0 saturated carbocycles. The van der Waals surface area contributed by atoms with Gasteiger partial charge in [0.15, 0.2) is 24.8 Å². The monoisotopic (exact) mass is 426 g/mol. The van der Waals surface area contributed by atoms with Crippen LogP contribution in [0.5, 0.6) is 11.5 Å². The van der Waals surface area contributed by atoms with Crippen LogP contribution in [0.1, 0.15) is 22.3 Å². The number of hydrogen-bond acceptors (Lipinski definition) is 2. The van der Waals surface area contributed by atoms with Crippen LogP contribution in [0.25, 0.3) is 24.3 Å². The molecular weight excluding hydrogens is 396 g/mol. The molecule has 0 aliphatic rings. The Balaban J connectivity index is 1.74. The van der Waals surface area contributed by atoms with Gasteiger partial charge in [-0.25, -0.2) is 9.13 Å². The zero-order valence-corrected chi connectivity index (χ0v) is 19.1. The topological polar surface area (TPSA) is 26.2 Å². The summed E-state index contributed by atoms with van der Waals surface area (Å²) >= 11 is 0. The molecular formula is C28H30N2O2+2. The highest BCUT2D eigenvalue weighted by Crippen LogP contribution is 2.31. The molecule has 2 heterocycles. The standard InChI is InChI=1S/C28H30N2O2/c1-29-17-13-23(14-18-29)9-5-7-11-25-21-28(32-4)26(22-27(25)31-3)12-8-6-10-24-15-19-30(2)20-16-24/h5-22H,1-4H3/q+2/b9-5+,10-6+,11-7+,12-8+. The highest BCUT2D eigenvalue weighted by molar-refractivity contribution is 5.70. The average molecular weight is 427 g/mol. The Labute approximate surface area is 190 Å². The minimum absolute atomic E-state index is 0.793. The van der Waals surface area contributed by atoms with Crippen LogP contribution < -0.4 is 18.6 Å². The molecule has 0 aliphatic heterocycles. The van der Waals surface area contributed by atoms with E-state index < -0.39 is 0 Å². The van der Waals surface area contributed by atoms with Crippen molar-refractivity contribution >= 4 is 24.3 Å². The van der Waals surface area contributed by atoms with Gasteiger partial charge >= 0.3 is 0 Å². The number of aromatic nitrogens is 2. The van der Waals surface area contributed by atoms with Gasteiger partial charge in [0.1, 0.15) is 25.6 Å². The van der Waals surface area contributed by atoms with Crippen LogP contribution >= 0.6 is 0 Å². The van der Waals surface area contributed by atoms with Gasteiger partial charge in [-0.3, -0.25) is 0 Å². The predicted octanol–water partition coefficient (Wildman–Crippen LogP) is 4.81. The Kier molecular flexibility index (Phi) is 8.15. The number of benzene rings is 1. The molecule has 0 saturated heterocycles. The fourth-order valence-corrected chi connectivity index (χ4v) is 3.10. The molecule has 4 heteroatoms. The van der Waals surface area contributed by atoms with Gasteiger partial charge in [-0.05, 0) is 23.3 Å². The van der Waals surface area contributed by atoms with E-state index in [-0.39, 0.29) is 0 Å². The molecule has 0 radical (unpaired) electrons. The Morgan fingerprint density at radius 3 is 1.25 bits per heavy atom. The summed E-state index contributed by atoms with van der Waals surface area (Å²) in [6, 6.07) is 12.3. The Morgan fingerprint density at radius 1 is 0.562 bits per heavy atom. The van der Waals surface area contributed by atoms with Crippen molar-refractivity contribution in [1.82, 2.24) is 0 Å². The van der Waals surface area contributed by atoms with Crippen LogP contribution in [0.3, 0.4) is 0 Å². The van der Waals surface area contributed by atoms with E-state index in [2.05, 4.69) is 36.4 Å². The first kappa shape index (κ1) is 22.8. The summed E-state index contributed by atoms with van der Waals surface area (Å²) in [5.41, 5.74) is 4.21. The second-order valence-electron chi connectivity index (χ2n) is 7.37. The lowest BCUT2D eigenvalue weighted by atomic mass is 10.1. The molecule has 4 nitrogen and oxygen atoms in total. The summed E-state index contributed by atoms with van der Waals surface area (Å²) in [5, 5.41) is 0. The van der Waals surface area contributed by atoms with Gasteiger partial charge in [0.05, 0.1) is 14.2 Å². The lowest BCUT2D eigenvalue weighted by molar-refractivity contribution is -0.671. The number of nitrogens with zero attached hydrogens (tertiary/aromatic N) is 2. The van der Waals surface area contributed by atoms with Crippen LogP contribution in [0.4, 0.5) is 0 Å². The lowest BCUT2D eigenvalue weighted by Gasteiger charge is -2.11. The third-order valence-corrected chi connectivity index (χ3v) is 4.94. The molecule has 0 bridgehead atoms. The highest BCUT2D eigenvalue weighted by atomic mass is 16.5. The largest absolute Gasteiger partial charge is 0.496 e. The van der Waals surface area contributed by atoms with Gasteiger partial charge in [0, 0.05) is 35.4 Å². The summed E-state index contributed by atoms with van der Waals surface area (Å²) < 4.78 is 15.2. The summed E-state index contributed by atoms with van der Waals surface area (Å²) in [6.07, 6.45) is 24.3. The molecule has 0 spiro atoms. The summed E-state index contributed by atoms with van der Waals surface area (Å²) in [6.45, 7) is 0. The molecule has 0 fully saturated rings. The molecule has 0 amide bonds. The zero-order valence-electron chi connectivity index (χ0n) is 19.1. The fourth-order valence-electron chi connectivity index (χ4n) is 3.10. The number of hydrogen-bond donors (Lipinski definition) is 0. The zero-order chi connectivity index (χ0) is 22.8. The summed E-state index contributed by atoms with van der Waals surface area (Å²) in [5.74, 6) is 1.59. The van der Waals surface area contributed by atoms with E-state index in [1.54, 1.807) is 14.2 Å². The molecule has 162 valence electrons. The number of pyridine rings is 2. The minimum Gasteiger partial charge on any atom is -0.496 e. The normalized spacial score (nSPS) is 11.9. The molecule has 2 aromatic heterocycles. The molecule has 0 N–H and O–H groups in total. The SMILES string of the molecule is COc1cc(/C=C/C=C/c2cc[n+](C)cc2)c(OC)cc1/C=C/C=C/c1cc[n+](C)cc1. The van der Waals surface area contributed by atoms with E-state index in [0.29, 0.717) is 0 Å². The van der Waals surface area contributed by atoms with Crippen LogP contribution in [-0.4, -0.2) is 14.2 Å². The summed E-state index contributed by atoms with van der Waals surface area (Å²) in [4.78, 5) is 0. The third-order valence-electron chi connectivity index (χ3n) is 4.94. The Bertz CT molecular complexity index is 1050. The van der Waals surface area contributed by atoms with Crippen molar-refractivity contribution in [3.63, 3.8) is 0 Å². The maximum atomic E-state index is 5.61. The van der Waals surface area contributed by atoms with E-state index in [0.717, 1.165) is 33.8 Å². The fraction of sp³-hybridized carbons (Fsp3) is 0.143. The number of aryl methyl sites for hydroxylation is 2. The maximum absolute atomic E-state index is 5.61. The van der Waals surface area contributed by atoms with E-state index in [9.17, 15) is 0 Å². The van der Waals surface area contributed by atoms with E-state index in [1.807, 2.05) is 96.6 Å². The first-order chi connectivity index (χ1) is 15.6. The first-order valence-corrected chi connectivity index (χ1v) is 10.4. The van der Waals surface area contributed by atoms with Gasteiger partial charge in [0.25, 0.3) is 0 Å². The van der Waals surface area contributed by atoms with Crippen molar-refractivity contribution in [2.24, 2.45) is 14.1 Å². The van der Waals surface area contributed by atoms with Crippen molar-refractivity contribution in [3.05, 3.63) is 108 Å². The first-order valence-electron chi connectivity index (χ1n) is 10.4. The van der Waals surface area contributed by atoms with E-state index in [1.165, 1.54) is 0 Å². The maximum Gasteiger partial charge on any atom is 0.169 e. The van der Waals surface area contributed by atoms with Crippen molar-refractivity contribution in [3.8, 4) is 11.5 Å². The van der Waals surface area contributed by atoms with E-state index in [4.69, 9.17) is 9.47 Å². The van der Waals surface area contributed by atoms with Crippen molar-refractivity contribution in [2.75, 3.05) is 14.2 Å². The van der Waals surface area contributed by atoms with Crippen LogP contribution in [0.15, 0.2) is 85.5 Å². The van der Waals surface area contributed by atoms with Crippen molar-refractivity contribution in [1.29, 1.82) is 0 Å². The molecule has 3 rings (SSSR count). The Morgan fingerprint density at radius 2 is 0.906 bits per heavy atom. The van der Waals surface area contributed by atoms with Gasteiger partial charge in [-0.15, -0.1) is 0 Å². The molecule has 1 aromatic carbocycles. The molecule has 0 aliphatic carbocycles. The van der Waals surface area contributed by atoms with E-state index >= 15 is 0 Å². The van der Waals surface area contributed by atoms with Crippen molar-refractivity contribution < 1.29 is 18.6 Å². The van der Waals surface area contributed by atoms with Crippen molar-refractivity contribution in [2.45, 2.75) is 0 Å². The van der Waals surface area contributed by atoms with Gasteiger partial charge in [-0.1, -0.05) is 48.6 Å². The summed E-state index contributed by atoms with van der Waals surface area (Å²) in [7, 11) is 7.38. The number of ether oxygens (including phenoxy) is 2. The van der Waals surface area contributed by atoms with Gasteiger partial charge in [0.2, 0.25) is 0 Å².